The lowest BCUT2D eigenvalue weighted by atomic mass is 10.2. The second-order valence-electron chi connectivity index (χ2n) is 3.96. The number of nitrogens with zero attached hydrogens (tertiary/aromatic N) is 4. The lowest BCUT2D eigenvalue weighted by Crippen LogP contribution is -2.01. The third kappa shape index (κ3) is 2.60. The van der Waals surface area contributed by atoms with Crippen LogP contribution in [-0.2, 0) is 0 Å². The van der Waals surface area contributed by atoms with Crippen molar-refractivity contribution < 1.29 is 4.79 Å². The number of hydrogen-bond donors (Lipinski definition) is 0. The number of para-hydroxylation sites is 1. The van der Waals surface area contributed by atoms with Gasteiger partial charge in [0.15, 0.2) is 0 Å². The summed E-state index contributed by atoms with van der Waals surface area (Å²) in [5.74, 6) is 0. The zero-order valence-corrected chi connectivity index (χ0v) is 11.2. The average Bonchev–Trinajstić information content (AvgIpc) is 2.97. The van der Waals surface area contributed by atoms with E-state index in [9.17, 15) is 4.79 Å². The zero-order valence-electron chi connectivity index (χ0n) is 10.4. The van der Waals surface area contributed by atoms with Gasteiger partial charge in [0.2, 0.25) is 10.3 Å². The molecule has 1 aromatic heterocycles. The highest BCUT2D eigenvalue weighted by molar-refractivity contribution is 8.14. The Labute approximate surface area is 119 Å². The first kappa shape index (κ1) is 12.6. The molecule has 5 nitrogen and oxygen atoms in total. The monoisotopic (exact) mass is 282 g/mol. The van der Waals surface area contributed by atoms with Gasteiger partial charge in [-0.1, -0.05) is 48.5 Å². The summed E-state index contributed by atoms with van der Waals surface area (Å²) in [7, 11) is 0. The van der Waals surface area contributed by atoms with E-state index in [1.165, 1.54) is 0 Å². The van der Waals surface area contributed by atoms with Crippen LogP contribution in [-0.4, -0.2) is 25.3 Å². The number of carbonyl (C=O) groups excluding carboxylic acids is 1. The third-order valence-corrected chi connectivity index (χ3v) is 3.49. The van der Waals surface area contributed by atoms with Gasteiger partial charge in [0.05, 0.1) is 5.69 Å². The van der Waals surface area contributed by atoms with Gasteiger partial charge in [-0.2, -0.15) is 4.68 Å². The minimum absolute atomic E-state index is 0.0856. The zero-order chi connectivity index (χ0) is 13.8. The highest BCUT2D eigenvalue weighted by atomic mass is 32.2. The second-order valence-corrected chi connectivity index (χ2v) is 4.90. The fourth-order valence-corrected chi connectivity index (χ4v) is 2.42. The summed E-state index contributed by atoms with van der Waals surface area (Å²) in [6, 6.07) is 18.5. The van der Waals surface area contributed by atoms with Gasteiger partial charge in [-0.25, -0.2) is 0 Å². The van der Waals surface area contributed by atoms with Crippen molar-refractivity contribution in [1.29, 1.82) is 0 Å². The van der Waals surface area contributed by atoms with Gasteiger partial charge in [0, 0.05) is 5.56 Å². The van der Waals surface area contributed by atoms with Crippen molar-refractivity contribution in [2.24, 2.45) is 0 Å². The van der Waals surface area contributed by atoms with Crippen molar-refractivity contribution in [2.75, 3.05) is 0 Å². The van der Waals surface area contributed by atoms with E-state index in [2.05, 4.69) is 15.5 Å². The van der Waals surface area contributed by atoms with Gasteiger partial charge in [-0.05, 0) is 34.3 Å². The normalized spacial score (nSPS) is 10.4. The third-order valence-electron chi connectivity index (χ3n) is 2.64. The number of aromatic nitrogens is 4. The molecule has 0 unspecified atom stereocenters. The maximum absolute atomic E-state index is 12.1. The first-order chi connectivity index (χ1) is 9.84. The largest absolute Gasteiger partial charge is 0.281 e. The maximum atomic E-state index is 12.1. The van der Waals surface area contributed by atoms with Crippen molar-refractivity contribution in [3.63, 3.8) is 0 Å². The molecule has 0 radical (unpaired) electrons. The van der Waals surface area contributed by atoms with E-state index in [4.69, 9.17) is 0 Å². The predicted molar refractivity (Wildman–Crippen MR) is 75.8 cm³/mol. The van der Waals surface area contributed by atoms with E-state index in [1.807, 2.05) is 48.5 Å². The number of benzene rings is 2. The fourth-order valence-electron chi connectivity index (χ4n) is 1.69. The first-order valence-corrected chi connectivity index (χ1v) is 6.77. The number of thioether (sulfide) groups is 1. The van der Waals surface area contributed by atoms with Gasteiger partial charge in [0.25, 0.3) is 0 Å². The molecular formula is C14H10N4OS. The van der Waals surface area contributed by atoms with Crippen LogP contribution >= 0.6 is 11.8 Å². The van der Waals surface area contributed by atoms with Gasteiger partial charge in [-0.15, -0.1) is 5.10 Å². The van der Waals surface area contributed by atoms with Crippen molar-refractivity contribution in [3.05, 3.63) is 66.2 Å². The van der Waals surface area contributed by atoms with Gasteiger partial charge < -0.3 is 0 Å². The van der Waals surface area contributed by atoms with Crippen LogP contribution in [0.3, 0.4) is 0 Å². The Kier molecular flexibility index (Phi) is 3.56. The average molecular weight is 282 g/mol. The molecule has 98 valence electrons. The highest BCUT2D eigenvalue weighted by Gasteiger charge is 2.14. The van der Waals surface area contributed by atoms with Crippen LogP contribution in [0.15, 0.2) is 65.8 Å². The van der Waals surface area contributed by atoms with E-state index in [1.54, 1.807) is 16.8 Å². The molecule has 6 heteroatoms. The predicted octanol–water partition coefficient (Wildman–Crippen LogP) is 2.59. The SMILES string of the molecule is O=C(Sc1nnnn1-c1ccccc1)c1ccccc1. The van der Waals surface area contributed by atoms with E-state index in [-0.39, 0.29) is 5.12 Å². The number of hydrogen-bond acceptors (Lipinski definition) is 5. The standard InChI is InChI=1S/C14H10N4OS/c19-13(11-7-3-1-4-8-11)20-14-15-16-17-18(14)12-9-5-2-6-10-12/h1-10H. The van der Waals surface area contributed by atoms with Gasteiger partial charge in [0.1, 0.15) is 0 Å². The van der Waals surface area contributed by atoms with Crippen molar-refractivity contribution in [2.45, 2.75) is 5.16 Å². The summed E-state index contributed by atoms with van der Waals surface area (Å²) < 4.78 is 1.55. The molecule has 3 aromatic rings. The molecule has 0 fully saturated rings. The summed E-state index contributed by atoms with van der Waals surface area (Å²) in [6.45, 7) is 0. The minimum atomic E-state index is -0.0856. The van der Waals surface area contributed by atoms with Crippen LogP contribution in [0, 0.1) is 0 Å². The summed E-state index contributed by atoms with van der Waals surface area (Å²) in [4.78, 5) is 12.1. The van der Waals surface area contributed by atoms with Gasteiger partial charge in [-0.3, -0.25) is 4.79 Å². The molecule has 0 aliphatic heterocycles. The molecule has 0 spiro atoms. The topological polar surface area (TPSA) is 60.7 Å². The van der Waals surface area contributed by atoms with E-state index >= 15 is 0 Å². The summed E-state index contributed by atoms with van der Waals surface area (Å²) in [5, 5.41) is 11.8. The molecule has 3 rings (SSSR count). The Morgan fingerprint density at radius 2 is 1.60 bits per heavy atom. The van der Waals surface area contributed by atoms with Crippen LogP contribution in [0.2, 0.25) is 0 Å². The smallest absolute Gasteiger partial charge is 0.227 e. The minimum Gasteiger partial charge on any atom is -0.281 e. The number of carbonyl (C=O) groups is 1. The Morgan fingerprint density at radius 1 is 0.950 bits per heavy atom. The molecule has 0 bridgehead atoms. The lowest BCUT2D eigenvalue weighted by Gasteiger charge is -2.03. The number of rotatable bonds is 3. The molecule has 0 aliphatic carbocycles. The Morgan fingerprint density at radius 3 is 2.30 bits per heavy atom. The van der Waals surface area contributed by atoms with E-state index in [0.717, 1.165) is 17.4 Å². The highest BCUT2D eigenvalue weighted by Crippen LogP contribution is 2.22. The molecule has 0 atom stereocenters. The summed E-state index contributed by atoms with van der Waals surface area (Å²) >= 11 is 1.01. The van der Waals surface area contributed by atoms with Crippen LogP contribution in [0.1, 0.15) is 10.4 Å². The molecule has 0 N–H and O–H groups in total. The summed E-state index contributed by atoms with van der Waals surface area (Å²) in [5.41, 5.74) is 1.45. The molecule has 2 aromatic carbocycles. The van der Waals surface area contributed by atoms with Crippen molar-refractivity contribution in [3.8, 4) is 5.69 Å². The van der Waals surface area contributed by atoms with E-state index < -0.39 is 0 Å². The summed E-state index contributed by atoms with van der Waals surface area (Å²) in [6.07, 6.45) is 0. The van der Waals surface area contributed by atoms with Crippen LogP contribution < -0.4 is 0 Å². The molecule has 0 aliphatic rings. The van der Waals surface area contributed by atoms with Crippen molar-refractivity contribution in [1.82, 2.24) is 20.2 Å². The fraction of sp³-hybridized carbons (Fsp3) is 0. The Bertz CT molecular complexity index is 712. The van der Waals surface area contributed by atoms with Crippen LogP contribution in [0.4, 0.5) is 0 Å². The molecule has 0 saturated carbocycles. The van der Waals surface area contributed by atoms with Crippen LogP contribution in [0.25, 0.3) is 5.69 Å². The van der Waals surface area contributed by atoms with Crippen molar-refractivity contribution >= 4 is 16.9 Å². The quantitative estimate of drug-likeness (QED) is 0.691. The molecule has 1 heterocycles. The lowest BCUT2D eigenvalue weighted by molar-refractivity contribution is 0.108. The van der Waals surface area contributed by atoms with Gasteiger partial charge >= 0.3 is 0 Å². The Balaban J connectivity index is 1.86. The maximum Gasteiger partial charge on any atom is 0.227 e. The first-order valence-electron chi connectivity index (χ1n) is 5.95. The molecule has 0 saturated heterocycles. The Hall–Kier alpha value is -2.47. The molecule has 20 heavy (non-hydrogen) atoms. The molecular weight excluding hydrogens is 272 g/mol. The van der Waals surface area contributed by atoms with Crippen LogP contribution in [0.5, 0.6) is 0 Å². The number of tetrazole rings is 1. The second kappa shape index (κ2) is 5.66. The molecule has 0 amide bonds. The van der Waals surface area contributed by atoms with E-state index in [0.29, 0.717) is 10.7 Å².